The van der Waals surface area contributed by atoms with E-state index in [1.165, 1.54) is 0 Å². The highest BCUT2D eigenvalue weighted by molar-refractivity contribution is 7.98. The highest BCUT2D eigenvalue weighted by Gasteiger charge is 2.24. The Bertz CT molecular complexity index is 1800. The Morgan fingerprint density at radius 1 is 0.864 bits per heavy atom. The Morgan fingerprint density at radius 2 is 1.61 bits per heavy atom. The molecule has 0 saturated carbocycles. The van der Waals surface area contributed by atoms with Crippen molar-refractivity contribution in [1.82, 2.24) is 15.6 Å². The summed E-state index contributed by atoms with van der Waals surface area (Å²) in [6.07, 6.45) is 0. The van der Waals surface area contributed by atoms with Gasteiger partial charge in [0, 0.05) is 34.7 Å². The van der Waals surface area contributed by atoms with Crippen LogP contribution in [0.3, 0.4) is 0 Å². The SMILES string of the molecule is Nc1ccccc1CNC(=O)C(CSCc1ccccc1)NC(=O)c1cc(-c2ccc3c(c2)OCCO3)nc2ccccc12. The molecular weight excluding hydrogens is 572 g/mol. The van der Waals surface area contributed by atoms with Gasteiger partial charge in [-0.2, -0.15) is 11.8 Å². The summed E-state index contributed by atoms with van der Waals surface area (Å²) in [5, 5.41) is 6.67. The van der Waals surface area contributed by atoms with E-state index in [9.17, 15) is 9.59 Å². The first kappa shape index (κ1) is 29.1. The number of hydrogen-bond acceptors (Lipinski definition) is 7. The molecule has 6 rings (SSSR count). The average molecular weight is 605 g/mol. The number of anilines is 1. The van der Waals surface area contributed by atoms with E-state index in [1.807, 2.05) is 91.0 Å². The van der Waals surface area contributed by atoms with Gasteiger partial charge in [0.15, 0.2) is 11.5 Å². The van der Waals surface area contributed by atoms with Crippen LogP contribution in [0.4, 0.5) is 5.69 Å². The van der Waals surface area contributed by atoms with Crippen LogP contribution in [0.2, 0.25) is 0 Å². The summed E-state index contributed by atoms with van der Waals surface area (Å²) in [5.74, 6) is 1.77. The molecule has 1 atom stereocenters. The molecule has 1 aliphatic heterocycles. The molecule has 0 spiro atoms. The molecule has 0 bridgehead atoms. The van der Waals surface area contributed by atoms with Gasteiger partial charge in [-0.25, -0.2) is 4.98 Å². The zero-order valence-electron chi connectivity index (χ0n) is 24.0. The van der Waals surface area contributed by atoms with Crippen molar-refractivity contribution in [2.75, 3.05) is 24.7 Å². The zero-order valence-corrected chi connectivity index (χ0v) is 24.8. The molecule has 0 radical (unpaired) electrons. The van der Waals surface area contributed by atoms with E-state index in [0.29, 0.717) is 64.1 Å². The van der Waals surface area contributed by atoms with E-state index >= 15 is 0 Å². The van der Waals surface area contributed by atoms with Crippen molar-refractivity contribution in [3.05, 3.63) is 120 Å². The van der Waals surface area contributed by atoms with Crippen molar-refractivity contribution < 1.29 is 19.1 Å². The van der Waals surface area contributed by atoms with Crippen molar-refractivity contribution in [2.45, 2.75) is 18.3 Å². The van der Waals surface area contributed by atoms with Crippen LogP contribution in [-0.2, 0) is 17.1 Å². The van der Waals surface area contributed by atoms with E-state index < -0.39 is 6.04 Å². The summed E-state index contributed by atoms with van der Waals surface area (Å²) < 4.78 is 11.4. The summed E-state index contributed by atoms with van der Waals surface area (Å²) in [5.41, 5.74) is 11.2. The minimum Gasteiger partial charge on any atom is -0.486 e. The largest absolute Gasteiger partial charge is 0.486 e. The number of nitrogens with two attached hydrogens (primary N) is 1. The van der Waals surface area contributed by atoms with Crippen molar-refractivity contribution in [2.24, 2.45) is 0 Å². The van der Waals surface area contributed by atoms with Gasteiger partial charge in [-0.15, -0.1) is 0 Å². The number of carbonyl (C=O) groups excluding carboxylic acids is 2. The van der Waals surface area contributed by atoms with Gasteiger partial charge in [-0.05, 0) is 47.5 Å². The minimum absolute atomic E-state index is 0.258. The van der Waals surface area contributed by atoms with Crippen molar-refractivity contribution in [3.8, 4) is 22.8 Å². The van der Waals surface area contributed by atoms with Gasteiger partial charge in [0.05, 0.1) is 16.8 Å². The molecule has 9 heteroatoms. The molecule has 2 amide bonds. The number of rotatable bonds is 10. The van der Waals surface area contributed by atoms with Crippen LogP contribution in [0.15, 0.2) is 103 Å². The molecule has 44 heavy (non-hydrogen) atoms. The average Bonchev–Trinajstić information content (AvgIpc) is 3.07. The molecular formula is C35H32N4O4S. The highest BCUT2D eigenvalue weighted by Crippen LogP contribution is 2.35. The number of aromatic nitrogens is 1. The third kappa shape index (κ3) is 6.79. The van der Waals surface area contributed by atoms with Gasteiger partial charge in [0.2, 0.25) is 5.91 Å². The Kier molecular flexibility index (Phi) is 8.93. The highest BCUT2D eigenvalue weighted by atomic mass is 32.2. The van der Waals surface area contributed by atoms with Crippen LogP contribution in [0, 0.1) is 0 Å². The van der Waals surface area contributed by atoms with Gasteiger partial charge in [-0.3, -0.25) is 9.59 Å². The fraction of sp³-hybridized carbons (Fsp3) is 0.171. The number of nitrogens with one attached hydrogen (secondary N) is 2. The summed E-state index contributed by atoms with van der Waals surface area (Å²) in [6, 6.07) is 31.5. The molecule has 0 fully saturated rings. The topological polar surface area (TPSA) is 116 Å². The van der Waals surface area contributed by atoms with Crippen LogP contribution < -0.4 is 25.8 Å². The van der Waals surface area contributed by atoms with E-state index in [1.54, 1.807) is 23.9 Å². The first-order chi connectivity index (χ1) is 21.5. The number of carbonyl (C=O) groups is 2. The van der Waals surface area contributed by atoms with Crippen molar-refractivity contribution in [3.63, 3.8) is 0 Å². The number of nitrogen functional groups attached to an aromatic ring is 1. The number of thioether (sulfide) groups is 1. The molecule has 8 nitrogen and oxygen atoms in total. The number of amides is 2. The minimum atomic E-state index is -0.786. The lowest BCUT2D eigenvalue weighted by Gasteiger charge is -2.20. The molecule has 4 N–H and O–H groups in total. The Morgan fingerprint density at radius 3 is 2.45 bits per heavy atom. The Labute approximate surface area is 260 Å². The maximum Gasteiger partial charge on any atom is 0.252 e. The first-order valence-electron chi connectivity index (χ1n) is 14.4. The van der Waals surface area contributed by atoms with Gasteiger partial charge in [0.25, 0.3) is 5.91 Å². The maximum absolute atomic E-state index is 14.0. The van der Waals surface area contributed by atoms with Gasteiger partial charge in [-0.1, -0.05) is 66.7 Å². The van der Waals surface area contributed by atoms with Gasteiger partial charge < -0.3 is 25.8 Å². The second kappa shape index (κ2) is 13.5. The molecule has 4 aromatic carbocycles. The van der Waals surface area contributed by atoms with E-state index in [2.05, 4.69) is 10.6 Å². The number of pyridine rings is 1. The molecule has 222 valence electrons. The Hall–Kier alpha value is -5.02. The lowest BCUT2D eigenvalue weighted by atomic mass is 10.0. The second-order valence-electron chi connectivity index (χ2n) is 10.4. The maximum atomic E-state index is 14.0. The lowest BCUT2D eigenvalue weighted by molar-refractivity contribution is -0.122. The third-order valence-corrected chi connectivity index (χ3v) is 8.43. The zero-order chi connectivity index (χ0) is 30.3. The molecule has 5 aromatic rings. The molecule has 0 saturated heterocycles. The third-order valence-electron chi connectivity index (χ3n) is 7.32. The first-order valence-corrected chi connectivity index (χ1v) is 15.5. The molecule has 2 heterocycles. The quantitative estimate of drug-likeness (QED) is 0.178. The molecule has 0 aliphatic carbocycles. The van der Waals surface area contributed by atoms with Crippen LogP contribution in [-0.4, -0.2) is 41.8 Å². The standard InChI is InChI=1S/C35H32N4O4S/c36-28-12-6-4-10-25(28)20-37-35(41)31(22-44-21-23-8-2-1-3-9-23)39-34(40)27-19-30(38-29-13-7-5-11-26(27)29)24-14-15-32-33(18-24)43-17-16-42-32/h1-15,18-19,31H,16-17,20-22,36H2,(H,37,41)(H,39,40). The summed E-state index contributed by atoms with van der Waals surface area (Å²) in [7, 11) is 0. The number of para-hydroxylation sites is 2. The monoisotopic (exact) mass is 604 g/mol. The number of ether oxygens (including phenoxy) is 2. The Balaban J connectivity index is 1.26. The summed E-state index contributed by atoms with van der Waals surface area (Å²) in [6.45, 7) is 1.23. The fourth-order valence-corrected chi connectivity index (χ4v) is 6.02. The predicted molar refractivity (Wildman–Crippen MR) is 175 cm³/mol. The van der Waals surface area contributed by atoms with Crippen LogP contribution in [0.25, 0.3) is 22.2 Å². The smallest absolute Gasteiger partial charge is 0.252 e. The fourth-order valence-electron chi connectivity index (χ4n) is 5.00. The van der Waals surface area contributed by atoms with Gasteiger partial charge >= 0.3 is 0 Å². The lowest BCUT2D eigenvalue weighted by Crippen LogP contribution is -2.48. The van der Waals surface area contributed by atoms with Gasteiger partial charge in [0.1, 0.15) is 19.3 Å². The van der Waals surface area contributed by atoms with Crippen molar-refractivity contribution in [1.29, 1.82) is 0 Å². The number of benzene rings is 4. The van der Waals surface area contributed by atoms with Crippen LogP contribution in [0.1, 0.15) is 21.5 Å². The number of nitrogens with zero attached hydrogens (tertiary/aromatic N) is 1. The van der Waals surface area contributed by atoms with E-state index in [0.717, 1.165) is 16.7 Å². The number of hydrogen-bond donors (Lipinski definition) is 3. The van der Waals surface area contributed by atoms with Crippen LogP contribution >= 0.6 is 11.8 Å². The predicted octanol–water partition coefficient (Wildman–Crippen LogP) is 5.60. The molecule has 1 aromatic heterocycles. The summed E-state index contributed by atoms with van der Waals surface area (Å²) in [4.78, 5) is 32.3. The molecule has 1 unspecified atom stereocenters. The summed E-state index contributed by atoms with van der Waals surface area (Å²) >= 11 is 1.58. The molecule has 1 aliphatic rings. The normalized spacial score (nSPS) is 12.8. The van der Waals surface area contributed by atoms with Crippen LogP contribution in [0.5, 0.6) is 11.5 Å². The number of fused-ring (bicyclic) bond motifs is 2. The second-order valence-corrected chi connectivity index (χ2v) is 11.4. The van der Waals surface area contributed by atoms with E-state index in [4.69, 9.17) is 20.2 Å². The van der Waals surface area contributed by atoms with E-state index in [-0.39, 0.29) is 18.4 Å². The van der Waals surface area contributed by atoms with Crippen molar-refractivity contribution >= 4 is 40.2 Å².